The van der Waals surface area contributed by atoms with Crippen LogP contribution < -0.4 is 0 Å². The molecule has 1 N–H and O–H groups in total. The van der Waals surface area contributed by atoms with Gasteiger partial charge in [0, 0.05) is 50.7 Å². The summed E-state index contributed by atoms with van der Waals surface area (Å²) in [6, 6.07) is 1.20. The SMILES string of the molecule is CC(C)n1ccnc1CN1CCC(N2CCC(O)CC2)CC1. The average Bonchev–Trinajstić information content (AvgIpc) is 2.97. The molecule has 0 aliphatic carbocycles. The third-order valence-electron chi connectivity index (χ3n) is 5.24. The van der Waals surface area contributed by atoms with Crippen molar-refractivity contribution in [3.05, 3.63) is 18.2 Å². The minimum atomic E-state index is -0.0637. The predicted molar refractivity (Wildman–Crippen MR) is 87.7 cm³/mol. The molecule has 0 spiro atoms. The van der Waals surface area contributed by atoms with E-state index in [1.165, 1.54) is 18.7 Å². The smallest absolute Gasteiger partial charge is 0.123 e. The molecule has 2 saturated heterocycles. The number of hydrogen-bond acceptors (Lipinski definition) is 4. The number of aliphatic hydroxyl groups excluding tert-OH is 1. The number of imidazole rings is 1. The lowest BCUT2D eigenvalue weighted by atomic mass is 9.99. The van der Waals surface area contributed by atoms with Gasteiger partial charge in [-0.3, -0.25) is 4.90 Å². The lowest BCUT2D eigenvalue weighted by molar-refractivity contribution is 0.0370. The van der Waals surface area contributed by atoms with Crippen molar-refractivity contribution in [1.82, 2.24) is 19.4 Å². The predicted octanol–water partition coefficient (Wildman–Crippen LogP) is 1.89. The maximum Gasteiger partial charge on any atom is 0.123 e. The summed E-state index contributed by atoms with van der Waals surface area (Å²) >= 11 is 0. The van der Waals surface area contributed by atoms with Crippen LogP contribution in [0.4, 0.5) is 0 Å². The van der Waals surface area contributed by atoms with E-state index < -0.39 is 0 Å². The van der Waals surface area contributed by atoms with Gasteiger partial charge in [-0.2, -0.15) is 0 Å². The highest BCUT2D eigenvalue weighted by molar-refractivity contribution is 4.95. The molecule has 1 aromatic rings. The van der Waals surface area contributed by atoms with E-state index in [0.29, 0.717) is 12.1 Å². The van der Waals surface area contributed by atoms with Gasteiger partial charge in [0.1, 0.15) is 5.82 Å². The summed E-state index contributed by atoms with van der Waals surface area (Å²) in [5.74, 6) is 1.19. The molecular formula is C17H30N4O. The highest BCUT2D eigenvalue weighted by atomic mass is 16.3. The second-order valence-corrected chi connectivity index (χ2v) is 7.12. The number of likely N-dealkylation sites (tertiary alicyclic amines) is 2. The van der Waals surface area contributed by atoms with Gasteiger partial charge in [-0.1, -0.05) is 0 Å². The standard InChI is InChI=1S/C17H30N4O/c1-14(2)21-12-7-18-17(21)13-19-8-3-15(4-9-19)20-10-5-16(22)6-11-20/h7,12,14-16,22H,3-6,8-11,13H2,1-2H3. The van der Waals surface area contributed by atoms with Crippen LogP contribution in [0.25, 0.3) is 0 Å². The van der Waals surface area contributed by atoms with Gasteiger partial charge in [-0.05, 0) is 39.5 Å². The molecule has 0 bridgehead atoms. The number of nitrogens with zero attached hydrogens (tertiary/aromatic N) is 4. The first-order valence-corrected chi connectivity index (χ1v) is 8.79. The summed E-state index contributed by atoms with van der Waals surface area (Å²) in [5.41, 5.74) is 0. The van der Waals surface area contributed by atoms with Crippen molar-refractivity contribution >= 4 is 0 Å². The van der Waals surface area contributed by atoms with Crippen molar-refractivity contribution in [2.24, 2.45) is 0 Å². The zero-order valence-electron chi connectivity index (χ0n) is 14.0. The number of piperidine rings is 2. The maximum atomic E-state index is 9.64. The fourth-order valence-electron chi connectivity index (χ4n) is 3.83. The molecule has 5 heteroatoms. The van der Waals surface area contributed by atoms with Gasteiger partial charge in [-0.15, -0.1) is 0 Å². The summed E-state index contributed by atoms with van der Waals surface area (Å²) in [6.45, 7) is 9.86. The Kier molecular flexibility index (Phi) is 5.16. The second kappa shape index (κ2) is 7.11. The highest BCUT2D eigenvalue weighted by Crippen LogP contribution is 2.22. The van der Waals surface area contributed by atoms with Crippen molar-refractivity contribution < 1.29 is 5.11 Å². The number of hydrogen-bond donors (Lipinski definition) is 1. The van der Waals surface area contributed by atoms with E-state index in [-0.39, 0.29) is 6.10 Å². The highest BCUT2D eigenvalue weighted by Gasteiger charge is 2.27. The van der Waals surface area contributed by atoms with E-state index in [2.05, 4.69) is 39.4 Å². The summed E-state index contributed by atoms with van der Waals surface area (Å²) in [5, 5.41) is 9.64. The molecule has 0 aromatic carbocycles. The van der Waals surface area contributed by atoms with E-state index >= 15 is 0 Å². The summed E-state index contributed by atoms with van der Waals surface area (Å²) < 4.78 is 2.28. The van der Waals surface area contributed by atoms with Crippen LogP contribution in [0.3, 0.4) is 0 Å². The van der Waals surface area contributed by atoms with Crippen LogP contribution in [-0.4, -0.2) is 62.8 Å². The van der Waals surface area contributed by atoms with Crippen LogP contribution in [0.15, 0.2) is 12.4 Å². The van der Waals surface area contributed by atoms with Gasteiger partial charge in [0.25, 0.3) is 0 Å². The molecule has 2 aliphatic rings. The maximum absolute atomic E-state index is 9.64. The Balaban J connectivity index is 1.48. The van der Waals surface area contributed by atoms with Gasteiger partial charge < -0.3 is 14.6 Å². The van der Waals surface area contributed by atoms with Crippen LogP contribution in [-0.2, 0) is 6.54 Å². The quantitative estimate of drug-likeness (QED) is 0.922. The molecule has 0 atom stereocenters. The molecule has 5 nitrogen and oxygen atoms in total. The van der Waals surface area contributed by atoms with Crippen LogP contribution in [0.1, 0.15) is 51.4 Å². The molecule has 0 saturated carbocycles. The molecule has 22 heavy (non-hydrogen) atoms. The Morgan fingerprint density at radius 3 is 2.45 bits per heavy atom. The lowest BCUT2D eigenvalue weighted by Crippen LogP contribution is -2.48. The molecule has 2 aliphatic heterocycles. The third-order valence-corrected chi connectivity index (χ3v) is 5.24. The zero-order valence-corrected chi connectivity index (χ0v) is 14.0. The normalized spacial score (nSPS) is 23.5. The Bertz CT molecular complexity index is 457. The second-order valence-electron chi connectivity index (χ2n) is 7.12. The topological polar surface area (TPSA) is 44.5 Å². The monoisotopic (exact) mass is 306 g/mol. The molecule has 1 aromatic heterocycles. The number of rotatable bonds is 4. The van der Waals surface area contributed by atoms with Crippen molar-refractivity contribution in [3.8, 4) is 0 Å². The molecule has 3 rings (SSSR count). The first kappa shape index (κ1) is 16.0. The van der Waals surface area contributed by atoms with Crippen molar-refractivity contribution in [2.75, 3.05) is 26.2 Å². The van der Waals surface area contributed by atoms with Gasteiger partial charge >= 0.3 is 0 Å². The minimum absolute atomic E-state index is 0.0637. The summed E-state index contributed by atoms with van der Waals surface area (Å²) in [4.78, 5) is 9.67. The van der Waals surface area contributed by atoms with E-state index in [1.54, 1.807) is 0 Å². The largest absolute Gasteiger partial charge is 0.393 e. The van der Waals surface area contributed by atoms with Crippen LogP contribution in [0.5, 0.6) is 0 Å². The van der Waals surface area contributed by atoms with Crippen molar-refractivity contribution in [3.63, 3.8) is 0 Å². The molecule has 2 fully saturated rings. The third kappa shape index (κ3) is 3.70. The summed E-state index contributed by atoms with van der Waals surface area (Å²) in [7, 11) is 0. The number of aliphatic hydroxyl groups is 1. The van der Waals surface area contributed by atoms with Gasteiger partial charge in [-0.25, -0.2) is 4.98 Å². The van der Waals surface area contributed by atoms with Crippen molar-refractivity contribution in [1.29, 1.82) is 0 Å². The molecular weight excluding hydrogens is 276 g/mol. The van der Waals surface area contributed by atoms with E-state index in [0.717, 1.165) is 45.6 Å². The van der Waals surface area contributed by atoms with Gasteiger partial charge in [0.2, 0.25) is 0 Å². The Morgan fingerprint density at radius 2 is 1.82 bits per heavy atom. The molecule has 3 heterocycles. The van der Waals surface area contributed by atoms with E-state index in [9.17, 15) is 5.11 Å². The fraction of sp³-hybridized carbons (Fsp3) is 0.824. The van der Waals surface area contributed by atoms with Gasteiger partial charge in [0.05, 0.1) is 12.6 Å². The first-order chi connectivity index (χ1) is 10.6. The summed E-state index contributed by atoms with van der Waals surface area (Å²) in [6.07, 6.45) is 8.34. The van der Waals surface area contributed by atoms with Gasteiger partial charge in [0.15, 0.2) is 0 Å². The molecule has 0 unspecified atom stereocenters. The first-order valence-electron chi connectivity index (χ1n) is 8.79. The minimum Gasteiger partial charge on any atom is -0.393 e. The molecule has 0 radical (unpaired) electrons. The average molecular weight is 306 g/mol. The van der Waals surface area contributed by atoms with Crippen LogP contribution in [0, 0.1) is 0 Å². The Labute approximate surface area is 133 Å². The molecule has 124 valence electrons. The van der Waals surface area contributed by atoms with Crippen LogP contribution >= 0.6 is 0 Å². The zero-order chi connectivity index (χ0) is 15.5. The Hall–Kier alpha value is -0.910. The fourth-order valence-corrected chi connectivity index (χ4v) is 3.83. The van der Waals surface area contributed by atoms with E-state index in [4.69, 9.17) is 0 Å². The lowest BCUT2D eigenvalue weighted by Gasteiger charge is -2.41. The molecule has 0 amide bonds. The van der Waals surface area contributed by atoms with E-state index in [1.807, 2.05) is 6.20 Å². The Morgan fingerprint density at radius 1 is 1.14 bits per heavy atom. The number of aromatic nitrogens is 2. The van der Waals surface area contributed by atoms with Crippen molar-refractivity contribution in [2.45, 2.75) is 64.3 Å². The van der Waals surface area contributed by atoms with Crippen LogP contribution in [0.2, 0.25) is 0 Å².